The summed E-state index contributed by atoms with van der Waals surface area (Å²) >= 11 is 0. The summed E-state index contributed by atoms with van der Waals surface area (Å²) in [5.41, 5.74) is 17.9. The highest BCUT2D eigenvalue weighted by Crippen LogP contribution is 2.41. The summed E-state index contributed by atoms with van der Waals surface area (Å²) in [5, 5.41) is 0. The van der Waals surface area contributed by atoms with E-state index in [9.17, 15) is 0 Å². The summed E-state index contributed by atoms with van der Waals surface area (Å²) in [5.74, 6) is 0. The maximum Gasteiger partial charge on any atom is 0.0973 e. The number of anilines is 6. The standard InChI is InChI=1S/C57H42N4/c1-41-40-52(38-39-53(41)44-18-8-3-9-19-44)61(48-22-12-5-13-23-48)51-36-30-46(31-37-51)57-56(58-54-24-14-15-25-55(54)59-57)45-28-34-50(35-29-45)60(47-20-10-4-11-21-47)49-32-26-43(27-33-49)42-16-6-2-7-17-42/h2-40H,1H3. The molecule has 0 aliphatic carbocycles. The van der Waals surface area contributed by atoms with Crippen molar-refractivity contribution in [2.75, 3.05) is 9.80 Å². The Morgan fingerprint density at radius 1 is 0.279 bits per heavy atom. The van der Waals surface area contributed by atoms with Gasteiger partial charge in [0, 0.05) is 45.3 Å². The van der Waals surface area contributed by atoms with Crippen molar-refractivity contribution >= 4 is 45.2 Å². The average molecular weight is 783 g/mol. The van der Waals surface area contributed by atoms with Gasteiger partial charge in [-0.3, -0.25) is 0 Å². The molecule has 1 heterocycles. The lowest BCUT2D eigenvalue weighted by atomic mass is 9.99. The van der Waals surface area contributed by atoms with Gasteiger partial charge in [0.15, 0.2) is 0 Å². The van der Waals surface area contributed by atoms with Crippen molar-refractivity contribution in [3.05, 3.63) is 242 Å². The van der Waals surface area contributed by atoms with Crippen LogP contribution < -0.4 is 9.80 Å². The summed E-state index contributed by atoms with van der Waals surface area (Å²) in [4.78, 5) is 15.1. The van der Waals surface area contributed by atoms with Crippen molar-refractivity contribution in [1.29, 1.82) is 0 Å². The fourth-order valence-corrected chi connectivity index (χ4v) is 8.15. The zero-order valence-electron chi connectivity index (χ0n) is 33.8. The van der Waals surface area contributed by atoms with E-state index < -0.39 is 0 Å². The Morgan fingerprint density at radius 3 is 1.05 bits per heavy atom. The molecule has 1 aromatic heterocycles. The predicted octanol–water partition coefficient (Wildman–Crippen LogP) is 15.5. The first kappa shape index (κ1) is 37.2. The van der Waals surface area contributed by atoms with Crippen LogP contribution in [0.25, 0.3) is 55.8 Å². The van der Waals surface area contributed by atoms with Crippen molar-refractivity contribution in [3.63, 3.8) is 0 Å². The zero-order valence-corrected chi connectivity index (χ0v) is 33.8. The second-order valence-corrected chi connectivity index (χ2v) is 15.1. The third-order valence-electron chi connectivity index (χ3n) is 11.2. The highest BCUT2D eigenvalue weighted by molar-refractivity contribution is 5.89. The van der Waals surface area contributed by atoms with Gasteiger partial charge in [0.25, 0.3) is 0 Å². The van der Waals surface area contributed by atoms with Gasteiger partial charge >= 0.3 is 0 Å². The molecule has 61 heavy (non-hydrogen) atoms. The molecule has 4 nitrogen and oxygen atoms in total. The number of hydrogen-bond acceptors (Lipinski definition) is 4. The van der Waals surface area contributed by atoms with Gasteiger partial charge in [-0.15, -0.1) is 0 Å². The Hall–Kier alpha value is -8.08. The monoisotopic (exact) mass is 782 g/mol. The van der Waals surface area contributed by atoms with E-state index in [-0.39, 0.29) is 0 Å². The minimum atomic E-state index is 0.837. The van der Waals surface area contributed by atoms with Crippen LogP contribution in [0.3, 0.4) is 0 Å². The van der Waals surface area contributed by atoms with Crippen molar-refractivity contribution in [3.8, 4) is 44.8 Å². The van der Waals surface area contributed by atoms with Crippen molar-refractivity contribution in [2.24, 2.45) is 0 Å². The quantitative estimate of drug-likeness (QED) is 0.138. The van der Waals surface area contributed by atoms with Crippen LogP contribution in [0.4, 0.5) is 34.1 Å². The lowest BCUT2D eigenvalue weighted by Gasteiger charge is -2.26. The molecule has 10 aromatic rings. The molecule has 0 atom stereocenters. The topological polar surface area (TPSA) is 32.3 Å². The molecule has 0 saturated carbocycles. The molecular formula is C57H42N4. The van der Waals surface area contributed by atoms with Gasteiger partial charge in [0.05, 0.1) is 22.4 Å². The minimum absolute atomic E-state index is 0.837. The molecule has 0 radical (unpaired) electrons. The number of rotatable bonds is 10. The van der Waals surface area contributed by atoms with Crippen LogP contribution in [-0.2, 0) is 0 Å². The van der Waals surface area contributed by atoms with Gasteiger partial charge in [-0.25, -0.2) is 9.97 Å². The average Bonchev–Trinajstić information content (AvgIpc) is 3.33. The number of para-hydroxylation sites is 4. The molecule has 0 bridgehead atoms. The highest BCUT2D eigenvalue weighted by Gasteiger charge is 2.19. The Kier molecular flexibility index (Phi) is 10.2. The van der Waals surface area contributed by atoms with Gasteiger partial charge in [-0.05, 0) is 120 Å². The molecule has 0 unspecified atom stereocenters. The predicted molar refractivity (Wildman–Crippen MR) is 255 cm³/mol. The molecule has 0 N–H and O–H groups in total. The van der Waals surface area contributed by atoms with Gasteiger partial charge in [0.2, 0.25) is 0 Å². The number of aromatic nitrogens is 2. The molecule has 0 saturated heterocycles. The fourth-order valence-electron chi connectivity index (χ4n) is 8.15. The van der Waals surface area contributed by atoms with Crippen LogP contribution >= 0.6 is 0 Å². The molecule has 0 amide bonds. The van der Waals surface area contributed by atoms with E-state index in [1.807, 2.05) is 24.3 Å². The highest BCUT2D eigenvalue weighted by atomic mass is 15.1. The zero-order chi connectivity index (χ0) is 41.0. The molecular weight excluding hydrogens is 741 g/mol. The molecule has 0 aliphatic heterocycles. The molecule has 10 rings (SSSR count). The Labute approximate surface area is 357 Å². The van der Waals surface area contributed by atoms with E-state index in [0.29, 0.717) is 0 Å². The molecule has 4 heteroatoms. The number of aryl methyl sites for hydroxylation is 1. The van der Waals surface area contributed by atoms with E-state index >= 15 is 0 Å². The first-order valence-corrected chi connectivity index (χ1v) is 20.7. The van der Waals surface area contributed by atoms with Gasteiger partial charge in [-0.2, -0.15) is 0 Å². The number of fused-ring (bicyclic) bond motifs is 1. The lowest BCUT2D eigenvalue weighted by molar-refractivity contribution is 1.26. The summed E-state index contributed by atoms with van der Waals surface area (Å²) in [6.07, 6.45) is 0. The second-order valence-electron chi connectivity index (χ2n) is 15.1. The Morgan fingerprint density at radius 2 is 0.607 bits per heavy atom. The molecule has 0 spiro atoms. The van der Waals surface area contributed by atoms with E-state index in [1.54, 1.807) is 0 Å². The van der Waals surface area contributed by atoms with Gasteiger partial charge < -0.3 is 9.80 Å². The van der Waals surface area contributed by atoms with Crippen LogP contribution in [0.2, 0.25) is 0 Å². The molecule has 0 aliphatic rings. The van der Waals surface area contributed by atoms with Crippen LogP contribution in [0.1, 0.15) is 5.56 Å². The number of nitrogens with zero attached hydrogens (tertiary/aromatic N) is 4. The summed E-state index contributed by atoms with van der Waals surface area (Å²) in [6, 6.07) is 83.1. The van der Waals surface area contributed by atoms with Crippen LogP contribution in [-0.4, -0.2) is 9.97 Å². The summed E-state index contributed by atoms with van der Waals surface area (Å²) < 4.78 is 0. The third kappa shape index (κ3) is 7.67. The SMILES string of the molecule is Cc1cc(N(c2ccccc2)c2ccc(-c3nc4ccccc4nc3-c3ccc(N(c4ccccc4)c4ccc(-c5ccccc5)cc4)cc3)cc2)ccc1-c1ccccc1. The van der Waals surface area contributed by atoms with Crippen molar-refractivity contribution in [1.82, 2.24) is 9.97 Å². The van der Waals surface area contributed by atoms with Crippen LogP contribution in [0.5, 0.6) is 0 Å². The minimum Gasteiger partial charge on any atom is -0.311 e. The van der Waals surface area contributed by atoms with E-state index in [0.717, 1.165) is 67.7 Å². The largest absolute Gasteiger partial charge is 0.311 e. The lowest BCUT2D eigenvalue weighted by Crippen LogP contribution is -2.10. The first-order valence-electron chi connectivity index (χ1n) is 20.7. The van der Waals surface area contributed by atoms with Gasteiger partial charge in [0.1, 0.15) is 0 Å². The molecule has 9 aromatic carbocycles. The first-order chi connectivity index (χ1) is 30.2. The van der Waals surface area contributed by atoms with Crippen LogP contribution in [0.15, 0.2) is 237 Å². The van der Waals surface area contributed by atoms with Gasteiger partial charge in [-0.1, -0.05) is 152 Å². The number of hydrogen-bond donors (Lipinski definition) is 0. The number of benzene rings is 9. The summed E-state index contributed by atoms with van der Waals surface area (Å²) in [6.45, 7) is 2.19. The van der Waals surface area contributed by atoms with E-state index in [4.69, 9.17) is 9.97 Å². The summed E-state index contributed by atoms with van der Waals surface area (Å²) in [7, 11) is 0. The third-order valence-corrected chi connectivity index (χ3v) is 11.2. The van der Waals surface area contributed by atoms with E-state index in [2.05, 4.69) is 229 Å². The fraction of sp³-hybridized carbons (Fsp3) is 0.0175. The van der Waals surface area contributed by atoms with E-state index in [1.165, 1.54) is 27.8 Å². The molecule has 290 valence electrons. The maximum atomic E-state index is 5.26. The van der Waals surface area contributed by atoms with Crippen molar-refractivity contribution in [2.45, 2.75) is 6.92 Å². The second kappa shape index (κ2) is 16.6. The normalized spacial score (nSPS) is 11.0. The van der Waals surface area contributed by atoms with Crippen LogP contribution in [0, 0.1) is 6.92 Å². The smallest absolute Gasteiger partial charge is 0.0973 e. The van der Waals surface area contributed by atoms with Crippen molar-refractivity contribution < 1.29 is 0 Å². The Bertz CT molecular complexity index is 3040. The molecule has 0 fully saturated rings. The maximum absolute atomic E-state index is 5.26. The Balaban J connectivity index is 1.01.